The van der Waals surface area contributed by atoms with Gasteiger partial charge in [-0.05, 0) is 70.0 Å². The quantitative estimate of drug-likeness (QED) is 0.651. The predicted molar refractivity (Wildman–Crippen MR) is 124 cm³/mol. The van der Waals surface area contributed by atoms with Gasteiger partial charge in [0.2, 0.25) is 0 Å². The second-order valence-electron chi connectivity index (χ2n) is 8.16. The molecule has 0 bridgehead atoms. The van der Waals surface area contributed by atoms with Crippen LogP contribution in [0.1, 0.15) is 47.6 Å². The van der Waals surface area contributed by atoms with Gasteiger partial charge in [0, 0.05) is 29.5 Å². The Morgan fingerprint density at radius 3 is 2.71 bits per heavy atom. The van der Waals surface area contributed by atoms with Crippen molar-refractivity contribution >= 4 is 16.8 Å². The first-order chi connectivity index (χ1) is 14.9. The summed E-state index contributed by atoms with van der Waals surface area (Å²) >= 11 is 0. The Labute approximate surface area is 183 Å². The lowest BCUT2D eigenvalue weighted by Gasteiger charge is -2.26. The second kappa shape index (κ2) is 8.72. The molecule has 3 heterocycles. The summed E-state index contributed by atoms with van der Waals surface area (Å²) in [7, 11) is 0. The van der Waals surface area contributed by atoms with Crippen LogP contribution in [0.3, 0.4) is 0 Å². The number of hydrogen-bond donors (Lipinski definition) is 1. The van der Waals surface area contributed by atoms with Crippen molar-refractivity contribution in [1.29, 1.82) is 0 Å². The largest absolute Gasteiger partial charge is 0.367 e. The van der Waals surface area contributed by atoms with E-state index < -0.39 is 0 Å². The molecule has 0 saturated carbocycles. The third-order valence-electron chi connectivity index (χ3n) is 5.73. The fourth-order valence-electron chi connectivity index (χ4n) is 4.06. The zero-order chi connectivity index (χ0) is 22.0. The average Bonchev–Trinajstić information content (AvgIpc) is 2.88. The smallest absolute Gasteiger partial charge is 0.256 e. The number of aryl methyl sites for hydroxylation is 2. The number of nitrogens with one attached hydrogen (secondary N) is 1. The van der Waals surface area contributed by atoms with Crippen LogP contribution in [0.4, 0.5) is 0 Å². The zero-order valence-corrected chi connectivity index (χ0v) is 18.6. The fourth-order valence-corrected chi connectivity index (χ4v) is 4.06. The number of pyridine rings is 2. The molecule has 2 aromatic heterocycles. The lowest BCUT2D eigenvalue weighted by molar-refractivity contribution is 0.0966. The number of carbonyl (C=O) groups is 1. The van der Waals surface area contributed by atoms with E-state index in [1.165, 1.54) is 0 Å². The van der Waals surface area contributed by atoms with Crippen LogP contribution in [0.15, 0.2) is 71.7 Å². The van der Waals surface area contributed by atoms with Gasteiger partial charge < -0.3 is 10.2 Å². The van der Waals surface area contributed by atoms with Gasteiger partial charge in [-0.15, -0.1) is 0 Å². The Morgan fingerprint density at radius 2 is 1.94 bits per heavy atom. The van der Waals surface area contributed by atoms with Crippen LogP contribution in [-0.2, 0) is 6.54 Å². The van der Waals surface area contributed by atoms with E-state index in [-0.39, 0.29) is 5.91 Å². The van der Waals surface area contributed by atoms with Gasteiger partial charge in [0.1, 0.15) is 0 Å². The van der Waals surface area contributed by atoms with Gasteiger partial charge >= 0.3 is 0 Å². The Hall–Kier alpha value is -3.47. The van der Waals surface area contributed by atoms with Crippen molar-refractivity contribution in [3.63, 3.8) is 0 Å². The van der Waals surface area contributed by atoms with Crippen LogP contribution in [0.2, 0.25) is 0 Å². The van der Waals surface area contributed by atoms with Crippen molar-refractivity contribution in [2.75, 3.05) is 6.54 Å². The Bertz CT molecular complexity index is 1190. The summed E-state index contributed by atoms with van der Waals surface area (Å²) in [5, 5.41) is 4.09. The number of carbonyl (C=O) groups excluding carboxylic acids is 1. The molecule has 1 aliphatic heterocycles. The van der Waals surface area contributed by atoms with Gasteiger partial charge in [-0.1, -0.05) is 23.8 Å². The highest BCUT2D eigenvalue weighted by Crippen LogP contribution is 2.24. The molecule has 0 unspecified atom stereocenters. The number of amides is 1. The van der Waals surface area contributed by atoms with Gasteiger partial charge in [-0.25, -0.2) is 0 Å². The first-order valence-electron chi connectivity index (χ1n) is 10.6. The summed E-state index contributed by atoms with van der Waals surface area (Å²) in [6.07, 6.45) is 4.93. The molecule has 4 rings (SSSR count). The van der Waals surface area contributed by atoms with E-state index in [4.69, 9.17) is 0 Å². The molecule has 31 heavy (non-hydrogen) atoms. The highest BCUT2D eigenvalue weighted by molar-refractivity contribution is 6.07. The first-order valence-corrected chi connectivity index (χ1v) is 10.6. The maximum Gasteiger partial charge on any atom is 0.256 e. The molecule has 158 valence electrons. The molecule has 5 nitrogen and oxygen atoms in total. The number of benzene rings is 1. The molecule has 1 aromatic carbocycles. The van der Waals surface area contributed by atoms with E-state index in [1.54, 1.807) is 0 Å². The number of allylic oxidation sites excluding steroid dienone is 2. The molecule has 0 radical (unpaired) electrons. The normalized spacial score (nSPS) is 14.5. The molecule has 0 atom stereocenters. The maximum atomic E-state index is 13.4. The lowest BCUT2D eigenvalue weighted by atomic mass is 10.0. The predicted octanol–water partition coefficient (Wildman–Crippen LogP) is 5.06. The van der Waals surface area contributed by atoms with E-state index in [9.17, 15) is 4.79 Å². The molecule has 5 heteroatoms. The van der Waals surface area contributed by atoms with Crippen molar-refractivity contribution in [1.82, 2.24) is 20.2 Å². The van der Waals surface area contributed by atoms with Crippen LogP contribution in [-0.4, -0.2) is 27.3 Å². The van der Waals surface area contributed by atoms with Crippen LogP contribution >= 0.6 is 0 Å². The first kappa shape index (κ1) is 20.8. The Morgan fingerprint density at radius 1 is 1.10 bits per heavy atom. The van der Waals surface area contributed by atoms with Crippen molar-refractivity contribution in [3.05, 3.63) is 94.2 Å². The summed E-state index contributed by atoms with van der Waals surface area (Å²) < 4.78 is 0. The number of aromatic nitrogens is 2. The van der Waals surface area contributed by atoms with E-state index in [2.05, 4.69) is 40.1 Å². The number of hydrogen-bond acceptors (Lipinski definition) is 4. The summed E-state index contributed by atoms with van der Waals surface area (Å²) in [6.45, 7) is 9.68. The van der Waals surface area contributed by atoms with E-state index in [0.717, 1.165) is 57.8 Å². The van der Waals surface area contributed by atoms with Crippen molar-refractivity contribution in [2.45, 2.75) is 40.7 Å². The lowest BCUT2D eigenvalue weighted by Crippen LogP contribution is -2.29. The van der Waals surface area contributed by atoms with Crippen molar-refractivity contribution in [2.24, 2.45) is 0 Å². The molecular formula is C26H28N4O. The van der Waals surface area contributed by atoms with E-state index in [0.29, 0.717) is 12.1 Å². The fraction of sp³-hybridized carbons (Fsp3) is 0.269. The molecule has 1 aliphatic rings. The highest BCUT2D eigenvalue weighted by Gasteiger charge is 2.20. The summed E-state index contributed by atoms with van der Waals surface area (Å²) in [5.41, 5.74) is 7.45. The molecule has 0 saturated heterocycles. The molecule has 0 aliphatic carbocycles. The minimum atomic E-state index is -0.108. The molecule has 0 fully saturated rings. The number of rotatable bonds is 4. The van der Waals surface area contributed by atoms with Gasteiger partial charge in [-0.3, -0.25) is 14.8 Å². The topological polar surface area (TPSA) is 58.1 Å². The van der Waals surface area contributed by atoms with Crippen LogP contribution in [0.5, 0.6) is 0 Å². The number of nitrogens with zero attached hydrogens (tertiary/aromatic N) is 3. The van der Waals surface area contributed by atoms with Gasteiger partial charge in [0.15, 0.2) is 0 Å². The van der Waals surface area contributed by atoms with Crippen molar-refractivity contribution in [3.8, 4) is 0 Å². The summed E-state index contributed by atoms with van der Waals surface area (Å²) in [5.74, 6) is -0.108. The molecule has 1 N–H and O–H groups in total. The van der Waals surface area contributed by atoms with E-state index in [1.807, 2.05) is 62.5 Å². The molecular weight excluding hydrogens is 384 g/mol. The van der Waals surface area contributed by atoms with E-state index >= 15 is 0 Å². The summed E-state index contributed by atoms with van der Waals surface area (Å²) in [6, 6.07) is 13.9. The number of fused-ring (bicyclic) bond motifs is 1. The second-order valence-corrected chi connectivity index (χ2v) is 8.16. The third-order valence-corrected chi connectivity index (χ3v) is 5.73. The monoisotopic (exact) mass is 412 g/mol. The van der Waals surface area contributed by atoms with Crippen molar-refractivity contribution < 1.29 is 4.79 Å². The minimum absolute atomic E-state index is 0.108. The van der Waals surface area contributed by atoms with Gasteiger partial charge in [0.05, 0.1) is 29.0 Å². The standard InChI is InChI=1S/C26H28N4O/c1-17-10-11-24-22(14-17)23(15-19(3)28-24)26(31)29-25-18(2)8-7-13-30(20(25)4)16-21-9-5-6-12-27-21/h5-6,8-12,14-15H,7,13,16H2,1-4H3,(H,29,31). The molecule has 3 aromatic rings. The maximum absolute atomic E-state index is 13.4. The highest BCUT2D eigenvalue weighted by atomic mass is 16.1. The van der Waals surface area contributed by atoms with Gasteiger partial charge in [0.25, 0.3) is 5.91 Å². The Kier molecular flexibility index (Phi) is 5.85. The molecule has 0 spiro atoms. The summed E-state index contributed by atoms with van der Waals surface area (Å²) in [4.78, 5) is 24.8. The van der Waals surface area contributed by atoms with Crippen LogP contribution < -0.4 is 5.32 Å². The van der Waals surface area contributed by atoms with Crippen LogP contribution in [0, 0.1) is 13.8 Å². The average molecular weight is 413 g/mol. The zero-order valence-electron chi connectivity index (χ0n) is 18.6. The van der Waals surface area contributed by atoms with Gasteiger partial charge in [-0.2, -0.15) is 0 Å². The molecule has 1 amide bonds. The van der Waals surface area contributed by atoms with Crippen LogP contribution in [0.25, 0.3) is 10.9 Å². The Balaban J connectivity index is 1.69. The SMILES string of the molecule is CC1=CCCN(Cc2ccccn2)C(C)=C1NC(=O)c1cc(C)nc2ccc(C)cc12. The minimum Gasteiger partial charge on any atom is -0.367 e. The third kappa shape index (κ3) is 4.50.